The zero-order valence-electron chi connectivity index (χ0n) is 9.02. The first-order valence-electron chi connectivity index (χ1n) is 4.91. The van der Waals surface area contributed by atoms with E-state index < -0.39 is 20.7 Å². The summed E-state index contributed by atoms with van der Waals surface area (Å²) < 4.78 is 39.4. The maximum Gasteiger partial charge on any atom is 0.243 e. The second kappa shape index (κ2) is 5.05. The van der Waals surface area contributed by atoms with Crippen molar-refractivity contribution < 1.29 is 12.8 Å². The Morgan fingerprint density at radius 2 is 2.22 bits per heavy atom. The molecule has 0 radical (unpaired) electrons. The molecule has 2 rings (SSSR count). The number of nitrogens with one attached hydrogen (secondary N) is 2. The highest BCUT2D eigenvalue weighted by Gasteiger charge is 2.18. The van der Waals surface area contributed by atoms with Gasteiger partial charge in [0.25, 0.3) is 0 Å². The smallest absolute Gasteiger partial charge is 0.243 e. The van der Waals surface area contributed by atoms with Crippen molar-refractivity contribution in [1.82, 2.24) is 14.7 Å². The normalized spacial score (nSPS) is 11.7. The van der Waals surface area contributed by atoms with E-state index in [-0.39, 0.29) is 11.6 Å². The summed E-state index contributed by atoms with van der Waals surface area (Å²) in [6.45, 7) is 0.00436. The molecule has 2 N–H and O–H groups in total. The van der Waals surface area contributed by atoms with Gasteiger partial charge in [-0.25, -0.2) is 22.5 Å². The van der Waals surface area contributed by atoms with Crippen molar-refractivity contribution in [3.8, 4) is 0 Å². The van der Waals surface area contributed by atoms with Crippen molar-refractivity contribution in [3.05, 3.63) is 47.3 Å². The average molecular weight is 290 g/mol. The van der Waals surface area contributed by atoms with E-state index in [0.29, 0.717) is 5.69 Å². The third-order valence-corrected chi connectivity index (χ3v) is 3.86. The van der Waals surface area contributed by atoms with Crippen LogP contribution in [0.4, 0.5) is 4.39 Å². The van der Waals surface area contributed by atoms with Crippen LogP contribution in [-0.4, -0.2) is 18.4 Å². The van der Waals surface area contributed by atoms with Gasteiger partial charge in [0.2, 0.25) is 10.0 Å². The van der Waals surface area contributed by atoms with Crippen LogP contribution < -0.4 is 4.72 Å². The molecule has 0 atom stereocenters. The largest absolute Gasteiger partial charge is 0.347 e. The molecule has 1 heterocycles. The summed E-state index contributed by atoms with van der Waals surface area (Å²) in [4.78, 5) is 6.04. The van der Waals surface area contributed by atoms with Gasteiger partial charge >= 0.3 is 0 Å². The molecular weight excluding hydrogens is 281 g/mol. The van der Waals surface area contributed by atoms with E-state index in [1.165, 1.54) is 18.6 Å². The molecule has 0 fully saturated rings. The van der Waals surface area contributed by atoms with E-state index in [9.17, 15) is 12.8 Å². The SMILES string of the molecule is O=S(=O)(NCc1cnc[nH]1)c1ccc(Cl)cc1F. The number of hydrogen-bond donors (Lipinski definition) is 2. The molecule has 8 heteroatoms. The highest BCUT2D eigenvalue weighted by Crippen LogP contribution is 2.18. The molecule has 0 unspecified atom stereocenters. The second-order valence-electron chi connectivity index (χ2n) is 3.48. The Hall–Kier alpha value is -1.44. The van der Waals surface area contributed by atoms with Crippen molar-refractivity contribution in [1.29, 1.82) is 0 Å². The predicted octanol–water partition coefficient (Wildman–Crippen LogP) is 1.68. The minimum absolute atomic E-state index is 0.00436. The number of sulfonamides is 1. The van der Waals surface area contributed by atoms with Gasteiger partial charge < -0.3 is 4.98 Å². The van der Waals surface area contributed by atoms with Crippen molar-refractivity contribution in [3.63, 3.8) is 0 Å². The first-order chi connectivity index (χ1) is 8.49. The number of aromatic amines is 1. The summed E-state index contributed by atoms with van der Waals surface area (Å²) in [5.74, 6) is -0.889. The van der Waals surface area contributed by atoms with E-state index in [2.05, 4.69) is 14.7 Å². The lowest BCUT2D eigenvalue weighted by molar-refractivity contribution is 0.556. The van der Waals surface area contributed by atoms with E-state index in [1.54, 1.807) is 0 Å². The van der Waals surface area contributed by atoms with Gasteiger partial charge in [-0.2, -0.15) is 0 Å². The third-order valence-electron chi connectivity index (χ3n) is 2.19. The molecule has 1 aromatic carbocycles. The van der Waals surface area contributed by atoms with Crippen molar-refractivity contribution in [2.24, 2.45) is 0 Å². The Balaban J connectivity index is 2.20. The highest BCUT2D eigenvalue weighted by molar-refractivity contribution is 7.89. The summed E-state index contributed by atoms with van der Waals surface area (Å²) in [7, 11) is -3.92. The van der Waals surface area contributed by atoms with Crippen LogP contribution >= 0.6 is 11.6 Å². The molecule has 0 aliphatic rings. The maximum atomic E-state index is 13.5. The lowest BCUT2D eigenvalue weighted by atomic mass is 10.3. The fourth-order valence-electron chi connectivity index (χ4n) is 1.33. The van der Waals surface area contributed by atoms with Gasteiger partial charge in [0, 0.05) is 16.9 Å². The fraction of sp³-hybridized carbons (Fsp3) is 0.100. The summed E-state index contributed by atoms with van der Waals surface area (Å²) in [6, 6.07) is 3.38. The van der Waals surface area contributed by atoms with Crippen LogP contribution in [0.25, 0.3) is 0 Å². The Bertz CT molecular complexity index is 643. The summed E-state index contributed by atoms with van der Waals surface area (Å²) in [5, 5.41) is 0.139. The zero-order chi connectivity index (χ0) is 13.2. The summed E-state index contributed by atoms with van der Waals surface area (Å²) in [6.07, 6.45) is 2.90. The van der Waals surface area contributed by atoms with E-state index in [4.69, 9.17) is 11.6 Å². The fourth-order valence-corrected chi connectivity index (χ4v) is 2.55. The van der Waals surface area contributed by atoms with Gasteiger partial charge in [0.05, 0.1) is 12.9 Å². The molecule has 2 aromatic rings. The first-order valence-corrected chi connectivity index (χ1v) is 6.77. The number of halogens is 2. The lowest BCUT2D eigenvalue weighted by Gasteiger charge is -2.06. The highest BCUT2D eigenvalue weighted by atomic mass is 35.5. The number of nitrogens with zero attached hydrogens (tertiary/aromatic N) is 1. The van der Waals surface area contributed by atoms with Gasteiger partial charge in [-0.1, -0.05) is 11.6 Å². The van der Waals surface area contributed by atoms with Crippen LogP contribution in [0.15, 0.2) is 35.6 Å². The molecule has 0 saturated heterocycles. The standard InChI is InChI=1S/C10H9ClFN3O2S/c11-7-1-2-10(9(12)3-7)18(16,17)15-5-8-4-13-6-14-8/h1-4,6,15H,5H2,(H,13,14). The van der Waals surface area contributed by atoms with E-state index in [1.807, 2.05) is 0 Å². The monoisotopic (exact) mass is 289 g/mol. The maximum absolute atomic E-state index is 13.5. The van der Waals surface area contributed by atoms with E-state index in [0.717, 1.165) is 12.1 Å². The second-order valence-corrected chi connectivity index (χ2v) is 5.65. The van der Waals surface area contributed by atoms with Gasteiger partial charge in [-0.05, 0) is 18.2 Å². The van der Waals surface area contributed by atoms with Gasteiger partial charge in [0.1, 0.15) is 10.7 Å². The molecule has 0 aliphatic carbocycles. The third kappa shape index (κ3) is 2.87. The predicted molar refractivity (Wildman–Crippen MR) is 64.0 cm³/mol. The van der Waals surface area contributed by atoms with Gasteiger partial charge in [-0.15, -0.1) is 0 Å². The van der Waals surface area contributed by atoms with Crippen molar-refractivity contribution >= 4 is 21.6 Å². The van der Waals surface area contributed by atoms with Crippen molar-refractivity contribution in [2.75, 3.05) is 0 Å². The molecule has 0 saturated carbocycles. The average Bonchev–Trinajstić information content (AvgIpc) is 2.78. The molecule has 5 nitrogen and oxygen atoms in total. The minimum atomic E-state index is -3.92. The van der Waals surface area contributed by atoms with Crippen LogP contribution in [0.5, 0.6) is 0 Å². The van der Waals surface area contributed by atoms with Crippen LogP contribution in [0.2, 0.25) is 5.02 Å². The first kappa shape index (κ1) is 13.0. The van der Waals surface area contributed by atoms with E-state index >= 15 is 0 Å². The molecule has 0 bridgehead atoms. The molecule has 0 spiro atoms. The quantitative estimate of drug-likeness (QED) is 0.899. The van der Waals surface area contributed by atoms with Crippen LogP contribution in [0.3, 0.4) is 0 Å². The number of H-pyrrole nitrogens is 1. The number of hydrogen-bond acceptors (Lipinski definition) is 3. The Morgan fingerprint density at radius 1 is 1.44 bits per heavy atom. The van der Waals surface area contributed by atoms with Gasteiger partial charge in [-0.3, -0.25) is 0 Å². The number of imidazole rings is 1. The lowest BCUT2D eigenvalue weighted by Crippen LogP contribution is -2.24. The van der Waals surface area contributed by atoms with Crippen molar-refractivity contribution in [2.45, 2.75) is 11.4 Å². The van der Waals surface area contributed by atoms with Crippen LogP contribution in [0, 0.1) is 5.82 Å². The summed E-state index contributed by atoms with van der Waals surface area (Å²) >= 11 is 5.56. The molecule has 1 aromatic heterocycles. The topological polar surface area (TPSA) is 74.8 Å². The number of rotatable bonds is 4. The number of aromatic nitrogens is 2. The van der Waals surface area contributed by atoms with Gasteiger partial charge in [0.15, 0.2) is 0 Å². The minimum Gasteiger partial charge on any atom is -0.347 e. The van der Waals surface area contributed by atoms with Crippen LogP contribution in [-0.2, 0) is 16.6 Å². The molecule has 0 aliphatic heterocycles. The zero-order valence-corrected chi connectivity index (χ0v) is 10.6. The number of benzene rings is 1. The molecule has 18 heavy (non-hydrogen) atoms. The van der Waals surface area contributed by atoms with Crippen LogP contribution in [0.1, 0.15) is 5.69 Å². The molecule has 0 amide bonds. The molecule has 96 valence electrons. The Kier molecular flexibility index (Phi) is 3.65. The summed E-state index contributed by atoms with van der Waals surface area (Å²) in [5.41, 5.74) is 0.577. The Labute approximate surface area is 108 Å². The Morgan fingerprint density at radius 3 is 2.83 bits per heavy atom. The molecular formula is C10H9ClFN3O2S.